The molecule has 0 aliphatic heterocycles. The van der Waals surface area contributed by atoms with Crippen LogP contribution in [-0.4, -0.2) is 34.9 Å². The Bertz CT molecular complexity index is 1230. The molecule has 0 fully saturated rings. The van der Waals surface area contributed by atoms with Crippen LogP contribution in [0.15, 0.2) is 66.7 Å². The number of rotatable bonds is 9. The first-order chi connectivity index (χ1) is 17.4. The largest absolute Gasteiger partial charge is 0.483 e. The maximum atomic E-state index is 13.8. The van der Waals surface area contributed by atoms with Crippen molar-refractivity contribution in [2.75, 3.05) is 6.61 Å². The molecule has 2 amide bonds. The van der Waals surface area contributed by atoms with Gasteiger partial charge < -0.3 is 15.0 Å². The number of hydrogen-bond donors (Lipinski definition) is 1. The number of hydrogen-bond acceptors (Lipinski definition) is 3. The standard InChI is InChI=1S/C32H40N2O3/c1-22-17-24(3)25(4)29(18-22)37-21-30(35)34(20-27-16-12-11-13-23(27)2)28(31(36)33-32(5,6)7)19-26-14-9-8-10-15-26/h8-18,28H,19-21H2,1-7H3,(H,33,36)/t28-/m1/s1. The molecule has 3 rings (SSSR count). The van der Waals surface area contributed by atoms with Crippen LogP contribution in [0.2, 0.25) is 0 Å². The fourth-order valence-corrected chi connectivity index (χ4v) is 4.35. The smallest absolute Gasteiger partial charge is 0.261 e. The van der Waals surface area contributed by atoms with E-state index in [1.807, 2.05) is 109 Å². The van der Waals surface area contributed by atoms with Crippen LogP contribution in [-0.2, 0) is 22.6 Å². The van der Waals surface area contributed by atoms with E-state index in [-0.39, 0.29) is 18.4 Å². The number of aryl methyl sites for hydroxylation is 3. The number of nitrogens with zero attached hydrogens (tertiary/aromatic N) is 1. The number of carbonyl (C=O) groups is 2. The van der Waals surface area contributed by atoms with Gasteiger partial charge in [0.1, 0.15) is 11.8 Å². The Morgan fingerprint density at radius 1 is 0.892 bits per heavy atom. The van der Waals surface area contributed by atoms with Crippen LogP contribution >= 0.6 is 0 Å². The predicted octanol–water partition coefficient (Wildman–Crippen LogP) is 5.85. The number of amides is 2. The Balaban J connectivity index is 1.97. The highest BCUT2D eigenvalue weighted by Crippen LogP contribution is 2.24. The van der Waals surface area contributed by atoms with E-state index >= 15 is 0 Å². The quantitative estimate of drug-likeness (QED) is 0.401. The van der Waals surface area contributed by atoms with E-state index in [9.17, 15) is 9.59 Å². The molecule has 1 N–H and O–H groups in total. The van der Waals surface area contributed by atoms with Crippen LogP contribution in [0.25, 0.3) is 0 Å². The Morgan fingerprint density at radius 3 is 2.19 bits per heavy atom. The molecule has 0 aliphatic rings. The molecule has 0 bridgehead atoms. The highest BCUT2D eigenvalue weighted by atomic mass is 16.5. The van der Waals surface area contributed by atoms with Crippen LogP contribution in [0.1, 0.15) is 54.2 Å². The van der Waals surface area contributed by atoms with E-state index in [0.717, 1.165) is 33.4 Å². The molecule has 1 atom stereocenters. The van der Waals surface area contributed by atoms with Gasteiger partial charge >= 0.3 is 0 Å². The Hall–Kier alpha value is -3.60. The summed E-state index contributed by atoms with van der Waals surface area (Å²) >= 11 is 0. The lowest BCUT2D eigenvalue weighted by Crippen LogP contribution is -2.55. The molecular weight excluding hydrogens is 460 g/mol. The molecule has 0 radical (unpaired) electrons. The summed E-state index contributed by atoms with van der Waals surface area (Å²) < 4.78 is 6.07. The van der Waals surface area contributed by atoms with Gasteiger partial charge in [-0.3, -0.25) is 9.59 Å². The zero-order valence-corrected chi connectivity index (χ0v) is 23.2. The first kappa shape index (κ1) is 28.0. The van der Waals surface area contributed by atoms with Crippen molar-refractivity contribution in [2.45, 2.75) is 73.0 Å². The molecular formula is C32H40N2O3. The maximum Gasteiger partial charge on any atom is 0.261 e. The Kier molecular flexibility index (Phi) is 9.14. The van der Waals surface area contributed by atoms with Crippen LogP contribution in [0.5, 0.6) is 5.75 Å². The average Bonchev–Trinajstić information content (AvgIpc) is 2.83. The number of ether oxygens (including phenoxy) is 1. The van der Waals surface area contributed by atoms with Gasteiger partial charge in [-0.15, -0.1) is 0 Å². The zero-order chi connectivity index (χ0) is 27.2. The monoisotopic (exact) mass is 500 g/mol. The van der Waals surface area contributed by atoms with Crippen molar-refractivity contribution in [1.29, 1.82) is 0 Å². The molecule has 37 heavy (non-hydrogen) atoms. The lowest BCUT2D eigenvalue weighted by atomic mass is 10.00. The zero-order valence-electron chi connectivity index (χ0n) is 23.2. The van der Waals surface area contributed by atoms with Crippen LogP contribution < -0.4 is 10.1 Å². The van der Waals surface area contributed by atoms with Crippen molar-refractivity contribution in [1.82, 2.24) is 10.2 Å². The molecule has 0 unspecified atom stereocenters. The predicted molar refractivity (Wildman–Crippen MR) is 150 cm³/mol. The summed E-state index contributed by atoms with van der Waals surface area (Å²) in [6.45, 7) is 14.1. The molecule has 0 heterocycles. The minimum atomic E-state index is -0.697. The third-order valence-electron chi connectivity index (χ3n) is 6.49. The van der Waals surface area contributed by atoms with Gasteiger partial charge in [0.25, 0.3) is 5.91 Å². The van der Waals surface area contributed by atoms with Crippen molar-refractivity contribution < 1.29 is 14.3 Å². The molecule has 3 aromatic carbocycles. The highest BCUT2D eigenvalue weighted by Gasteiger charge is 2.32. The molecule has 0 aliphatic carbocycles. The summed E-state index contributed by atoms with van der Waals surface area (Å²) in [7, 11) is 0. The van der Waals surface area contributed by atoms with Crippen molar-refractivity contribution in [3.05, 3.63) is 100 Å². The second kappa shape index (κ2) is 12.1. The highest BCUT2D eigenvalue weighted by molar-refractivity contribution is 5.89. The summed E-state index contributed by atoms with van der Waals surface area (Å²) in [6, 6.07) is 21.2. The van der Waals surface area contributed by atoms with Gasteiger partial charge in [0.05, 0.1) is 0 Å². The third-order valence-corrected chi connectivity index (χ3v) is 6.49. The van der Waals surface area contributed by atoms with Crippen LogP contribution in [0, 0.1) is 27.7 Å². The first-order valence-corrected chi connectivity index (χ1v) is 12.8. The molecule has 0 saturated carbocycles. The van der Waals surface area contributed by atoms with E-state index in [1.54, 1.807) is 4.90 Å². The van der Waals surface area contributed by atoms with E-state index < -0.39 is 11.6 Å². The third kappa shape index (κ3) is 7.94. The Morgan fingerprint density at radius 2 is 1.54 bits per heavy atom. The normalized spacial score (nSPS) is 12.1. The molecule has 3 aromatic rings. The van der Waals surface area contributed by atoms with E-state index in [4.69, 9.17) is 4.74 Å². The number of carbonyl (C=O) groups excluding carboxylic acids is 2. The first-order valence-electron chi connectivity index (χ1n) is 12.8. The molecule has 0 saturated heterocycles. The number of benzene rings is 3. The van der Waals surface area contributed by atoms with Gasteiger partial charge in [0.2, 0.25) is 5.91 Å². The lowest BCUT2D eigenvalue weighted by Gasteiger charge is -2.34. The van der Waals surface area contributed by atoms with Crippen molar-refractivity contribution in [3.8, 4) is 5.75 Å². The average molecular weight is 501 g/mol. The van der Waals surface area contributed by atoms with Gasteiger partial charge in [-0.05, 0) is 87.9 Å². The SMILES string of the molecule is Cc1cc(C)c(C)c(OCC(=O)N(Cc2ccccc2C)[C@H](Cc2ccccc2)C(=O)NC(C)(C)C)c1. The second-order valence-corrected chi connectivity index (χ2v) is 10.9. The molecule has 5 nitrogen and oxygen atoms in total. The minimum Gasteiger partial charge on any atom is -0.483 e. The van der Waals surface area contributed by atoms with Gasteiger partial charge in [-0.1, -0.05) is 60.7 Å². The molecule has 0 aromatic heterocycles. The van der Waals surface area contributed by atoms with Crippen molar-refractivity contribution in [3.63, 3.8) is 0 Å². The van der Waals surface area contributed by atoms with E-state index in [0.29, 0.717) is 18.7 Å². The maximum absolute atomic E-state index is 13.8. The second-order valence-electron chi connectivity index (χ2n) is 10.9. The summed E-state index contributed by atoms with van der Waals surface area (Å²) in [5.41, 5.74) is 5.83. The molecule has 5 heteroatoms. The van der Waals surface area contributed by atoms with Gasteiger partial charge in [-0.25, -0.2) is 0 Å². The molecule has 0 spiro atoms. The number of nitrogens with one attached hydrogen (secondary N) is 1. The van der Waals surface area contributed by atoms with Crippen LogP contribution in [0.3, 0.4) is 0 Å². The van der Waals surface area contributed by atoms with Gasteiger partial charge in [0.15, 0.2) is 6.61 Å². The molecule has 196 valence electrons. The van der Waals surface area contributed by atoms with Crippen molar-refractivity contribution >= 4 is 11.8 Å². The fourth-order valence-electron chi connectivity index (χ4n) is 4.35. The summed E-state index contributed by atoms with van der Waals surface area (Å²) in [5.74, 6) is 0.285. The minimum absolute atomic E-state index is 0.149. The topological polar surface area (TPSA) is 58.6 Å². The summed E-state index contributed by atoms with van der Waals surface area (Å²) in [6.07, 6.45) is 0.406. The fraction of sp³-hybridized carbons (Fsp3) is 0.375. The van der Waals surface area contributed by atoms with E-state index in [2.05, 4.69) is 11.4 Å². The summed E-state index contributed by atoms with van der Waals surface area (Å²) in [4.78, 5) is 29.2. The van der Waals surface area contributed by atoms with Gasteiger partial charge in [0, 0.05) is 18.5 Å². The summed E-state index contributed by atoms with van der Waals surface area (Å²) in [5, 5.41) is 3.10. The van der Waals surface area contributed by atoms with Crippen molar-refractivity contribution in [2.24, 2.45) is 0 Å². The lowest BCUT2D eigenvalue weighted by molar-refractivity contribution is -0.143. The van der Waals surface area contributed by atoms with Gasteiger partial charge in [-0.2, -0.15) is 0 Å². The van der Waals surface area contributed by atoms with Crippen LogP contribution in [0.4, 0.5) is 0 Å². The van der Waals surface area contributed by atoms with E-state index in [1.165, 1.54) is 0 Å². The Labute approximate surface area is 221 Å².